The van der Waals surface area contributed by atoms with Crippen LogP contribution in [0.1, 0.15) is 51.9 Å². The van der Waals surface area contributed by atoms with Crippen LogP contribution in [0.5, 0.6) is 0 Å². The van der Waals surface area contributed by atoms with E-state index in [2.05, 4.69) is 6.92 Å². The maximum atomic E-state index is 10.3. The van der Waals surface area contributed by atoms with Crippen LogP contribution in [0.2, 0.25) is 0 Å². The molecule has 1 N–H and O–H groups in total. The molecule has 2 fully saturated rings. The van der Waals surface area contributed by atoms with E-state index in [0.717, 1.165) is 18.9 Å². The second-order valence-electron chi connectivity index (χ2n) is 5.42. The molecule has 2 aliphatic rings. The molecule has 1 heterocycles. The highest BCUT2D eigenvalue weighted by molar-refractivity contribution is 4.82. The Bertz CT molecular complexity index is 179. The summed E-state index contributed by atoms with van der Waals surface area (Å²) in [5, 5.41) is 10.3. The number of rotatable bonds is 2. The van der Waals surface area contributed by atoms with Gasteiger partial charge in [0.25, 0.3) is 0 Å². The number of hydrogen-bond donors (Lipinski definition) is 1. The number of aliphatic hydroxyl groups is 1. The van der Waals surface area contributed by atoms with Gasteiger partial charge in [-0.1, -0.05) is 19.8 Å². The fourth-order valence-electron chi connectivity index (χ4n) is 2.97. The van der Waals surface area contributed by atoms with Crippen molar-refractivity contribution in [3.05, 3.63) is 0 Å². The predicted molar refractivity (Wildman–Crippen MR) is 60.7 cm³/mol. The van der Waals surface area contributed by atoms with Gasteiger partial charge in [-0.15, -0.1) is 0 Å². The zero-order valence-corrected chi connectivity index (χ0v) is 9.82. The number of ether oxygens (including phenoxy) is 1. The fraction of sp³-hybridized carbons (Fsp3) is 1.00. The van der Waals surface area contributed by atoms with E-state index in [4.69, 9.17) is 4.74 Å². The first-order valence-electron chi connectivity index (χ1n) is 6.57. The molecule has 0 aromatic heterocycles. The lowest BCUT2D eigenvalue weighted by molar-refractivity contribution is -0.0897. The monoisotopic (exact) mass is 212 g/mol. The lowest BCUT2D eigenvalue weighted by Crippen LogP contribution is -2.39. The van der Waals surface area contributed by atoms with Crippen LogP contribution in [0.4, 0.5) is 0 Å². The summed E-state index contributed by atoms with van der Waals surface area (Å²) in [5.41, 5.74) is 0. The maximum Gasteiger partial charge on any atom is 0.0836 e. The second kappa shape index (κ2) is 5.31. The Morgan fingerprint density at radius 2 is 1.80 bits per heavy atom. The Hall–Kier alpha value is -0.0800. The van der Waals surface area contributed by atoms with E-state index in [1.807, 2.05) is 0 Å². The van der Waals surface area contributed by atoms with Crippen molar-refractivity contribution in [2.75, 3.05) is 6.61 Å². The smallest absolute Gasteiger partial charge is 0.0836 e. The highest BCUT2D eigenvalue weighted by atomic mass is 16.5. The summed E-state index contributed by atoms with van der Waals surface area (Å²) in [5.74, 6) is 1.37. The van der Waals surface area contributed by atoms with Crippen molar-refractivity contribution in [1.29, 1.82) is 0 Å². The first-order valence-corrected chi connectivity index (χ1v) is 6.57. The maximum absolute atomic E-state index is 10.3. The molecule has 0 aromatic carbocycles. The van der Waals surface area contributed by atoms with Gasteiger partial charge in [0.15, 0.2) is 0 Å². The minimum Gasteiger partial charge on any atom is -0.390 e. The molecule has 2 rings (SSSR count). The molecular formula is C13H24O2. The summed E-state index contributed by atoms with van der Waals surface area (Å²) in [6, 6.07) is 0. The zero-order chi connectivity index (χ0) is 10.7. The van der Waals surface area contributed by atoms with Crippen LogP contribution in [-0.4, -0.2) is 23.9 Å². The van der Waals surface area contributed by atoms with Crippen molar-refractivity contribution in [3.8, 4) is 0 Å². The number of hydrogen-bond acceptors (Lipinski definition) is 2. The minimum atomic E-state index is -0.196. The lowest BCUT2D eigenvalue weighted by atomic mass is 9.78. The van der Waals surface area contributed by atoms with E-state index in [1.54, 1.807) is 0 Å². The highest BCUT2D eigenvalue weighted by Crippen LogP contribution is 2.33. The van der Waals surface area contributed by atoms with Gasteiger partial charge < -0.3 is 9.84 Å². The van der Waals surface area contributed by atoms with Crippen molar-refractivity contribution in [2.24, 2.45) is 11.8 Å². The Morgan fingerprint density at radius 3 is 2.40 bits per heavy atom. The lowest BCUT2D eigenvalue weighted by Gasteiger charge is -2.35. The summed E-state index contributed by atoms with van der Waals surface area (Å²) >= 11 is 0. The van der Waals surface area contributed by atoms with E-state index in [-0.39, 0.29) is 12.2 Å². The van der Waals surface area contributed by atoms with Crippen molar-refractivity contribution in [3.63, 3.8) is 0 Å². The molecule has 0 aromatic rings. The fourth-order valence-corrected chi connectivity index (χ4v) is 2.97. The normalized spacial score (nSPS) is 40.0. The Balaban J connectivity index is 1.81. The van der Waals surface area contributed by atoms with Gasteiger partial charge in [-0.3, -0.25) is 0 Å². The van der Waals surface area contributed by atoms with Crippen LogP contribution in [-0.2, 0) is 4.74 Å². The average molecular weight is 212 g/mol. The molecule has 1 aliphatic heterocycles. The van der Waals surface area contributed by atoms with Crippen LogP contribution in [0.15, 0.2) is 0 Å². The van der Waals surface area contributed by atoms with Gasteiger partial charge >= 0.3 is 0 Å². The van der Waals surface area contributed by atoms with Crippen LogP contribution >= 0.6 is 0 Å². The minimum absolute atomic E-state index is 0.136. The van der Waals surface area contributed by atoms with Crippen molar-refractivity contribution < 1.29 is 9.84 Å². The molecule has 1 saturated heterocycles. The summed E-state index contributed by atoms with van der Waals surface area (Å²) < 4.78 is 5.67. The van der Waals surface area contributed by atoms with Gasteiger partial charge in [0.2, 0.25) is 0 Å². The van der Waals surface area contributed by atoms with E-state index >= 15 is 0 Å². The van der Waals surface area contributed by atoms with Gasteiger partial charge in [0.1, 0.15) is 0 Å². The molecule has 88 valence electrons. The van der Waals surface area contributed by atoms with Gasteiger partial charge in [-0.05, 0) is 43.9 Å². The van der Waals surface area contributed by atoms with E-state index in [1.165, 1.54) is 38.5 Å². The second-order valence-corrected chi connectivity index (χ2v) is 5.42. The van der Waals surface area contributed by atoms with Crippen molar-refractivity contribution in [1.82, 2.24) is 0 Å². The average Bonchev–Trinajstić information content (AvgIpc) is 2.30. The summed E-state index contributed by atoms with van der Waals surface area (Å²) in [4.78, 5) is 0. The molecule has 1 aliphatic carbocycles. The molecular weight excluding hydrogens is 188 g/mol. The van der Waals surface area contributed by atoms with Crippen LogP contribution in [0.3, 0.4) is 0 Å². The topological polar surface area (TPSA) is 29.5 Å². The summed E-state index contributed by atoms with van der Waals surface area (Å²) in [6.07, 6.45) is 8.37. The van der Waals surface area contributed by atoms with Gasteiger partial charge in [0.05, 0.1) is 12.2 Å². The molecule has 0 spiro atoms. The van der Waals surface area contributed by atoms with E-state index in [0.29, 0.717) is 5.92 Å². The zero-order valence-electron chi connectivity index (χ0n) is 9.82. The van der Waals surface area contributed by atoms with Gasteiger partial charge in [-0.25, -0.2) is 0 Å². The van der Waals surface area contributed by atoms with Gasteiger partial charge in [0, 0.05) is 6.61 Å². The predicted octanol–water partition coefficient (Wildman–Crippen LogP) is 2.74. The third-order valence-corrected chi connectivity index (χ3v) is 4.14. The van der Waals surface area contributed by atoms with Crippen molar-refractivity contribution >= 4 is 0 Å². The SMILES string of the molecule is CC1CCC(C(O)C2CCCCO2)CC1. The standard InChI is InChI=1S/C13H24O2/c1-10-5-7-11(8-6-10)13(14)12-4-2-3-9-15-12/h10-14H,2-9H2,1H3. The number of aliphatic hydroxyl groups excluding tert-OH is 1. The molecule has 2 atom stereocenters. The van der Waals surface area contributed by atoms with Crippen molar-refractivity contribution in [2.45, 2.75) is 64.1 Å². The highest BCUT2D eigenvalue weighted by Gasteiger charge is 2.31. The first kappa shape index (κ1) is 11.4. The molecule has 0 bridgehead atoms. The molecule has 2 unspecified atom stereocenters. The van der Waals surface area contributed by atoms with Crippen LogP contribution in [0.25, 0.3) is 0 Å². The Labute approximate surface area is 93.0 Å². The van der Waals surface area contributed by atoms with Gasteiger partial charge in [-0.2, -0.15) is 0 Å². The van der Waals surface area contributed by atoms with E-state index in [9.17, 15) is 5.11 Å². The third-order valence-electron chi connectivity index (χ3n) is 4.14. The molecule has 2 nitrogen and oxygen atoms in total. The molecule has 0 radical (unpaired) electrons. The van der Waals surface area contributed by atoms with Crippen LogP contribution in [0, 0.1) is 11.8 Å². The largest absolute Gasteiger partial charge is 0.390 e. The third kappa shape index (κ3) is 2.94. The molecule has 15 heavy (non-hydrogen) atoms. The quantitative estimate of drug-likeness (QED) is 0.762. The van der Waals surface area contributed by atoms with Crippen LogP contribution < -0.4 is 0 Å². The summed E-state index contributed by atoms with van der Waals surface area (Å²) in [6.45, 7) is 3.17. The first-order chi connectivity index (χ1) is 7.27. The van der Waals surface area contributed by atoms with E-state index < -0.39 is 0 Å². The molecule has 0 amide bonds. The summed E-state index contributed by atoms with van der Waals surface area (Å²) in [7, 11) is 0. The Morgan fingerprint density at radius 1 is 1.07 bits per heavy atom. The molecule has 2 heteroatoms. The molecule has 1 saturated carbocycles. The Kier molecular flexibility index (Phi) is 4.04.